The molecular weight excluding hydrogens is 214 g/mol. The first kappa shape index (κ1) is 12.0. The SMILES string of the molecule is C[C@H](NC(=O)CC1(N)CCC1)c1cccnc1. The summed E-state index contributed by atoms with van der Waals surface area (Å²) in [6, 6.07) is 3.81. The van der Waals surface area contributed by atoms with Crippen LogP contribution in [0.2, 0.25) is 0 Å². The Kier molecular flexibility index (Phi) is 3.43. The van der Waals surface area contributed by atoms with Crippen molar-refractivity contribution >= 4 is 5.91 Å². The number of hydrogen-bond acceptors (Lipinski definition) is 3. The zero-order valence-corrected chi connectivity index (χ0v) is 10.1. The van der Waals surface area contributed by atoms with E-state index in [2.05, 4.69) is 10.3 Å². The second kappa shape index (κ2) is 4.84. The minimum absolute atomic E-state index is 0.0140. The third kappa shape index (κ3) is 3.03. The van der Waals surface area contributed by atoms with Crippen LogP contribution in [0.25, 0.3) is 0 Å². The molecule has 92 valence electrons. The van der Waals surface area contributed by atoms with E-state index >= 15 is 0 Å². The van der Waals surface area contributed by atoms with Gasteiger partial charge in [-0.2, -0.15) is 0 Å². The highest BCUT2D eigenvalue weighted by Gasteiger charge is 2.34. The molecule has 1 fully saturated rings. The van der Waals surface area contributed by atoms with Crippen LogP contribution < -0.4 is 11.1 Å². The fourth-order valence-corrected chi connectivity index (χ4v) is 2.14. The van der Waals surface area contributed by atoms with Crippen molar-refractivity contribution in [2.24, 2.45) is 5.73 Å². The average molecular weight is 233 g/mol. The fourth-order valence-electron chi connectivity index (χ4n) is 2.14. The second-order valence-corrected chi connectivity index (χ2v) is 4.97. The molecule has 17 heavy (non-hydrogen) atoms. The molecule has 2 rings (SSSR count). The van der Waals surface area contributed by atoms with Crippen LogP contribution >= 0.6 is 0 Å². The minimum atomic E-state index is -0.251. The van der Waals surface area contributed by atoms with Gasteiger partial charge >= 0.3 is 0 Å². The summed E-state index contributed by atoms with van der Waals surface area (Å²) in [5, 5.41) is 2.96. The molecule has 0 aliphatic heterocycles. The first-order chi connectivity index (χ1) is 8.09. The van der Waals surface area contributed by atoms with Gasteiger partial charge in [-0.15, -0.1) is 0 Å². The van der Waals surface area contributed by atoms with Crippen molar-refractivity contribution in [2.45, 2.75) is 44.2 Å². The minimum Gasteiger partial charge on any atom is -0.349 e. The van der Waals surface area contributed by atoms with Crippen LogP contribution in [0.3, 0.4) is 0 Å². The Hall–Kier alpha value is -1.42. The summed E-state index contributed by atoms with van der Waals surface area (Å²) in [7, 11) is 0. The molecule has 3 N–H and O–H groups in total. The normalized spacial score (nSPS) is 19.2. The quantitative estimate of drug-likeness (QED) is 0.828. The van der Waals surface area contributed by atoms with Crippen molar-refractivity contribution in [3.63, 3.8) is 0 Å². The van der Waals surface area contributed by atoms with Crippen LogP contribution in [0.1, 0.15) is 44.2 Å². The van der Waals surface area contributed by atoms with Gasteiger partial charge in [0.2, 0.25) is 5.91 Å². The maximum absolute atomic E-state index is 11.8. The van der Waals surface area contributed by atoms with E-state index in [1.54, 1.807) is 12.4 Å². The maximum atomic E-state index is 11.8. The Morgan fingerprint density at radius 1 is 1.65 bits per heavy atom. The van der Waals surface area contributed by atoms with Gasteiger partial charge in [0.05, 0.1) is 6.04 Å². The molecule has 1 aromatic heterocycles. The van der Waals surface area contributed by atoms with Crippen LogP contribution in [0.4, 0.5) is 0 Å². The van der Waals surface area contributed by atoms with Gasteiger partial charge in [0, 0.05) is 24.4 Å². The zero-order valence-electron chi connectivity index (χ0n) is 10.1. The van der Waals surface area contributed by atoms with Gasteiger partial charge in [-0.25, -0.2) is 0 Å². The van der Waals surface area contributed by atoms with Crippen LogP contribution in [-0.2, 0) is 4.79 Å². The molecule has 1 amide bonds. The first-order valence-electron chi connectivity index (χ1n) is 6.07. The van der Waals surface area contributed by atoms with Crippen molar-refractivity contribution in [1.82, 2.24) is 10.3 Å². The molecule has 1 aromatic rings. The third-order valence-electron chi connectivity index (χ3n) is 3.42. The summed E-state index contributed by atoms with van der Waals surface area (Å²) >= 11 is 0. The van der Waals surface area contributed by atoms with Crippen LogP contribution in [0.15, 0.2) is 24.5 Å². The Bertz CT molecular complexity index is 387. The highest BCUT2D eigenvalue weighted by Crippen LogP contribution is 2.32. The smallest absolute Gasteiger partial charge is 0.222 e. The monoisotopic (exact) mass is 233 g/mol. The molecule has 0 radical (unpaired) electrons. The third-order valence-corrected chi connectivity index (χ3v) is 3.42. The number of nitrogens with zero attached hydrogens (tertiary/aromatic N) is 1. The molecule has 4 nitrogen and oxygen atoms in total. The molecule has 0 saturated heterocycles. The van der Waals surface area contributed by atoms with E-state index in [1.165, 1.54) is 0 Å². The molecule has 1 aliphatic carbocycles. The van der Waals surface area contributed by atoms with Crippen molar-refractivity contribution in [3.05, 3.63) is 30.1 Å². The summed E-state index contributed by atoms with van der Waals surface area (Å²) in [5.41, 5.74) is 6.81. The van der Waals surface area contributed by atoms with Gasteiger partial charge < -0.3 is 11.1 Å². The Labute approximate surface area is 102 Å². The Morgan fingerprint density at radius 2 is 2.41 bits per heavy atom. The zero-order chi connectivity index (χ0) is 12.3. The van der Waals surface area contributed by atoms with Crippen molar-refractivity contribution in [1.29, 1.82) is 0 Å². The van der Waals surface area contributed by atoms with E-state index in [9.17, 15) is 4.79 Å². The summed E-state index contributed by atoms with van der Waals surface area (Å²) in [5.74, 6) is 0.0311. The Balaban J connectivity index is 1.86. The highest BCUT2D eigenvalue weighted by atomic mass is 16.1. The van der Waals surface area contributed by atoms with Gasteiger partial charge in [-0.05, 0) is 37.8 Å². The molecule has 0 bridgehead atoms. The second-order valence-electron chi connectivity index (χ2n) is 4.97. The maximum Gasteiger partial charge on any atom is 0.222 e. The number of rotatable bonds is 4. The molecule has 1 atom stereocenters. The van der Waals surface area contributed by atoms with Gasteiger partial charge in [0.25, 0.3) is 0 Å². The number of nitrogens with two attached hydrogens (primary N) is 1. The number of nitrogens with one attached hydrogen (secondary N) is 1. The first-order valence-corrected chi connectivity index (χ1v) is 6.07. The topological polar surface area (TPSA) is 68.0 Å². The van der Waals surface area contributed by atoms with Crippen LogP contribution in [-0.4, -0.2) is 16.4 Å². The largest absolute Gasteiger partial charge is 0.349 e. The van der Waals surface area contributed by atoms with E-state index in [4.69, 9.17) is 5.73 Å². The predicted molar refractivity (Wildman–Crippen MR) is 66.2 cm³/mol. The summed E-state index contributed by atoms with van der Waals surface area (Å²) in [6.45, 7) is 1.96. The van der Waals surface area contributed by atoms with Crippen LogP contribution in [0.5, 0.6) is 0 Å². The lowest BCUT2D eigenvalue weighted by molar-refractivity contribution is -0.123. The number of carbonyl (C=O) groups excluding carboxylic acids is 1. The molecule has 0 unspecified atom stereocenters. The number of carbonyl (C=O) groups is 1. The molecule has 0 aromatic carbocycles. The number of aromatic nitrogens is 1. The average Bonchev–Trinajstić information content (AvgIpc) is 2.28. The van der Waals surface area contributed by atoms with Gasteiger partial charge in [0.15, 0.2) is 0 Å². The van der Waals surface area contributed by atoms with Gasteiger partial charge in [0.1, 0.15) is 0 Å². The van der Waals surface area contributed by atoms with E-state index in [1.807, 2.05) is 19.1 Å². The number of pyridine rings is 1. The molecule has 1 aliphatic rings. The van der Waals surface area contributed by atoms with Gasteiger partial charge in [-0.3, -0.25) is 9.78 Å². The molecule has 1 saturated carbocycles. The molecule has 4 heteroatoms. The summed E-state index contributed by atoms with van der Waals surface area (Å²) in [4.78, 5) is 15.9. The number of hydrogen-bond donors (Lipinski definition) is 2. The molecule has 0 spiro atoms. The van der Waals surface area contributed by atoms with E-state index in [-0.39, 0.29) is 17.5 Å². The lowest BCUT2D eigenvalue weighted by Crippen LogP contribution is -2.50. The standard InChI is InChI=1S/C13H19N3O/c1-10(11-4-2-7-15-9-11)16-12(17)8-13(14)5-3-6-13/h2,4,7,9-10H,3,5-6,8,14H2,1H3,(H,16,17)/t10-/m0/s1. The van der Waals surface area contributed by atoms with Crippen molar-refractivity contribution < 1.29 is 4.79 Å². The van der Waals surface area contributed by atoms with Crippen molar-refractivity contribution in [3.8, 4) is 0 Å². The lowest BCUT2D eigenvalue weighted by atomic mass is 9.75. The Morgan fingerprint density at radius 3 is 2.94 bits per heavy atom. The van der Waals surface area contributed by atoms with E-state index in [0.717, 1.165) is 24.8 Å². The highest BCUT2D eigenvalue weighted by molar-refractivity contribution is 5.77. The van der Waals surface area contributed by atoms with Gasteiger partial charge in [-0.1, -0.05) is 6.07 Å². The predicted octanol–water partition coefficient (Wildman–Crippen LogP) is 1.53. The number of amides is 1. The van der Waals surface area contributed by atoms with Crippen molar-refractivity contribution in [2.75, 3.05) is 0 Å². The summed E-state index contributed by atoms with van der Waals surface area (Å²) in [6.07, 6.45) is 6.98. The molecule has 1 heterocycles. The lowest BCUT2D eigenvalue weighted by Gasteiger charge is -2.37. The van der Waals surface area contributed by atoms with E-state index in [0.29, 0.717) is 6.42 Å². The summed E-state index contributed by atoms with van der Waals surface area (Å²) < 4.78 is 0. The van der Waals surface area contributed by atoms with E-state index < -0.39 is 0 Å². The molecular formula is C13H19N3O. The van der Waals surface area contributed by atoms with Crippen LogP contribution in [0, 0.1) is 0 Å². The fraction of sp³-hybridized carbons (Fsp3) is 0.538.